The maximum Gasteiger partial charge on any atom is 0.416 e. The van der Waals surface area contributed by atoms with Crippen molar-refractivity contribution in [2.24, 2.45) is 5.41 Å². The highest BCUT2D eigenvalue weighted by Crippen LogP contribution is 2.46. The minimum absolute atomic E-state index is 0.129. The Balaban J connectivity index is 2.06. The van der Waals surface area contributed by atoms with Gasteiger partial charge in [0.15, 0.2) is 0 Å². The first-order valence-electron chi connectivity index (χ1n) is 5.53. The van der Waals surface area contributed by atoms with E-state index in [1.54, 1.807) is 0 Å². The molecule has 1 N–H and O–H groups in total. The maximum absolute atomic E-state index is 12.5. The summed E-state index contributed by atoms with van der Waals surface area (Å²) in [5.74, 6) is 0.582. The van der Waals surface area contributed by atoms with Crippen molar-refractivity contribution in [3.63, 3.8) is 0 Å². The van der Waals surface area contributed by atoms with Gasteiger partial charge in [0.25, 0.3) is 0 Å². The molecule has 0 unspecified atom stereocenters. The van der Waals surface area contributed by atoms with Gasteiger partial charge in [0.05, 0.1) is 5.56 Å². The number of nitrogens with one attached hydrogen (secondary N) is 1. The molecule has 0 saturated heterocycles. The summed E-state index contributed by atoms with van der Waals surface area (Å²) in [6, 6.07) is 3.60. The van der Waals surface area contributed by atoms with Crippen LogP contribution in [0.5, 0.6) is 0 Å². The average Bonchev–Trinajstić information content (AvgIpc) is 3.07. The van der Waals surface area contributed by atoms with Crippen molar-refractivity contribution in [2.45, 2.75) is 19.0 Å². The summed E-state index contributed by atoms with van der Waals surface area (Å²) in [7, 11) is 0. The van der Waals surface area contributed by atoms with Crippen LogP contribution in [0.15, 0.2) is 22.7 Å². The molecule has 1 fully saturated rings. The minimum Gasteiger partial charge on any atom is -0.384 e. The van der Waals surface area contributed by atoms with Gasteiger partial charge in [0, 0.05) is 28.0 Å². The van der Waals surface area contributed by atoms with Crippen LogP contribution in [0.3, 0.4) is 0 Å². The van der Waals surface area contributed by atoms with Gasteiger partial charge in [-0.1, -0.05) is 0 Å². The predicted molar refractivity (Wildman–Crippen MR) is 70.0 cm³/mol. The Kier molecular flexibility index (Phi) is 3.83. The summed E-state index contributed by atoms with van der Waals surface area (Å²) in [5, 5.41) is 3.15. The van der Waals surface area contributed by atoms with E-state index in [9.17, 15) is 13.2 Å². The van der Waals surface area contributed by atoms with Crippen LogP contribution in [-0.2, 0) is 6.18 Å². The fourth-order valence-electron chi connectivity index (χ4n) is 1.65. The van der Waals surface area contributed by atoms with E-state index in [0.717, 1.165) is 25.0 Å². The highest BCUT2D eigenvalue weighted by Gasteiger charge is 2.41. The third-order valence-electron chi connectivity index (χ3n) is 3.19. The van der Waals surface area contributed by atoms with Crippen LogP contribution in [-0.4, -0.2) is 12.4 Å². The number of rotatable bonds is 4. The Bertz CT molecular complexity index is 443. The molecule has 6 heteroatoms. The molecule has 0 aliphatic heterocycles. The van der Waals surface area contributed by atoms with Crippen LogP contribution in [0.2, 0.25) is 0 Å². The van der Waals surface area contributed by atoms with E-state index in [1.165, 1.54) is 6.07 Å². The summed E-state index contributed by atoms with van der Waals surface area (Å²) < 4.78 is 37.9. The molecule has 0 atom stereocenters. The van der Waals surface area contributed by atoms with E-state index in [1.807, 2.05) is 0 Å². The molecule has 1 aromatic carbocycles. The largest absolute Gasteiger partial charge is 0.416 e. The van der Waals surface area contributed by atoms with Crippen LogP contribution in [0, 0.1) is 5.41 Å². The summed E-state index contributed by atoms with van der Waals surface area (Å²) in [4.78, 5) is 0. The zero-order valence-corrected chi connectivity index (χ0v) is 11.8. The summed E-state index contributed by atoms with van der Waals surface area (Å²) >= 11 is 9.00. The van der Waals surface area contributed by atoms with Gasteiger partial charge in [0.1, 0.15) is 0 Å². The van der Waals surface area contributed by atoms with E-state index in [2.05, 4.69) is 21.2 Å². The molecule has 1 aromatic rings. The van der Waals surface area contributed by atoms with E-state index in [-0.39, 0.29) is 5.41 Å². The quantitative estimate of drug-likeness (QED) is 0.768. The van der Waals surface area contributed by atoms with Crippen molar-refractivity contribution in [1.29, 1.82) is 0 Å². The van der Waals surface area contributed by atoms with Gasteiger partial charge in [-0.2, -0.15) is 13.2 Å². The summed E-state index contributed by atoms with van der Waals surface area (Å²) in [6.45, 7) is 0.695. The molecule has 0 spiro atoms. The topological polar surface area (TPSA) is 12.0 Å². The third-order valence-corrected chi connectivity index (χ3v) is 4.41. The Morgan fingerprint density at radius 1 is 1.33 bits per heavy atom. The molecule has 18 heavy (non-hydrogen) atoms. The fourth-order valence-corrected chi connectivity index (χ4v) is 2.53. The molecule has 1 saturated carbocycles. The van der Waals surface area contributed by atoms with Crippen molar-refractivity contribution in [1.82, 2.24) is 0 Å². The van der Waals surface area contributed by atoms with Gasteiger partial charge < -0.3 is 5.32 Å². The SMILES string of the molecule is FC(F)(F)c1ccc(NCC2(CCl)CC2)c(Br)c1. The highest BCUT2D eigenvalue weighted by molar-refractivity contribution is 9.10. The van der Waals surface area contributed by atoms with Crippen molar-refractivity contribution in [2.75, 3.05) is 17.7 Å². The van der Waals surface area contributed by atoms with E-state index in [0.29, 0.717) is 22.6 Å². The normalized spacial score (nSPS) is 17.6. The molecule has 0 radical (unpaired) electrons. The summed E-state index contributed by atoms with van der Waals surface area (Å²) in [6.07, 6.45) is -2.17. The van der Waals surface area contributed by atoms with Gasteiger partial charge in [-0.25, -0.2) is 0 Å². The van der Waals surface area contributed by atoms with Crippen LogP contribution >= 0.6 is 27.5 Å². The Morgan fingerprint density at radius 3 is 2.44 bits per heavy atom. The number of hydrogen-bond donors (Lipinski definition) is 1. The average molecular weight is 343 g/mol. The lowest BCUT2D eigenvalue weighted by molar-refractivity contribution is -0.137. The number of hydrogen-bond acceptors (Lipinski definition) is 1. The fraction of sp³-hybridized carbons (Fsp3) is 0.500. The van der Waals surface area contributed by atoms with Crippen molar-refractivity contribution >= 4 is 33.2 Å². The second kappa shape index (κ2) is 4.93. The molecule has 0 heterocycles. The van der Waals surface area contributed by atoms with Gasteiger partial charge in [0.2, 0.25) is 0 Å². The standard InChI is InChI=1S/C12H12BrClF3N/c13-9-5-8(12(15,16)17)1-2-10(9)18-7-11(6-14)3-4-11/h1-2,5,18H,3-4,6-7H2. The first-order valence-corrected chi connectivity index (χ1v) is 6.86. The number of anilines is 1. The van der Waals surface area contributed by atoms with Crippen molar-refractivity contribution in [3.05, 3.63) is 28.2 Å². The van der Waals surface area contributed by atoms with Crippen LogP contribution in [0.4, 0.5) is 18.9 Å². The number of alkyl halides is 4. The predicted octanol–water partition coefficient (Wildman–Crippen LogP) is 4.90. The van der Waals surface area contributed by atoms with E-state index >= 15 is 0 Å². The molecule has 0 amide bonds. The van der Waals surface area contributed by atoms with Crippen molar-refractivity contribution < 1.29 is 13.2 Å². The molecule has 1 nitrogen and oxygen atoms in total. The second-order valence-electron chi connectivity index (χ2n) is 4.68. The van der Waals surface area contributed by atoms with Crippen LogP contribution in [0.1, 0.15) is 18.4 Å². The number of halogens is 5. The Labute approximate surface area is 117 Å². The lowest BCUT2D eigenvalue weighted by atomic mass is 10.1. The zero-order chi connectivity index (χ0) is 13.4. The van der Waals surface area contributed by atoms with Gasteiger partial charge >= 0.3 is 6.18 Å². The second-order valence-corrected chi connectivity index (χ2v) is 5.80. The van der Waals surface area contributed by atoms with Crippen LogP contribution < -0.4 is 5.32 Å². The molecule has 1 aliphatic rings. The first kappa shape index (κ1) is 14.0. The molecular weight excluding hydrogens is 330 g/mol. The van der Waals surface area contributed by atoms with Gasteiger partial charge in [-0.05, 0) is 47.0 Å². The van der Waals surface area contributed by atoms with Gasteiger partial charge in [-0.15, -0.1) is 11.6 Å². The minimum atomic E-state index is -4.31. The van der Waals surface area contributed by atoms with E-state index < -0.39 is 11.7 Å². The lowest BCUT2D eigenvalue weighted by Gasteiger charge is -2.16. The van der Waals surface area contributed by atoms with E-state index in [4.69, 9.17) is 11.6 Å². The molecule has 2 rings (SSSR count). The molecule has 0 bridgehead atoms. The molecule has 100 valence electrons. The molecule has 1 aliphatic carbocycles. The molecule has 0 aromatic heterocycles. The third kappa shape index (κ3) is 3.12. The smallest absolute Gasteiger partial charge is 0.384 e. The van der Waals surface area contributed by atoms with Crippen LogP contribution in [0.25, 0.3) is 0 Å². The maximum atomic E-state index is 12.5. The Hall–Kier alpha value is -0.420. The Morgan fingerprint density at radius 2 is 2.00 bits per heavy atom. The van der Waals surface area contributed by atoms with Crippen molar-refractivity contribution in [3.8, 4) is 0 Å². The monoisotopic (exact) mass is 341 g/mol. The highest BCUT2D eigenvalue weighted by atomic mass is 79.9. The lowest BCUT2D eigenvalue weighted by Crippen LogP contribution is -2.17. The molecular formula is C12H12BrClF3N. The zero-order valence-electron chi connectivity index (χ0n) is 9.45. The first-order chi connectivity index (χ1) is 8.36. The number of benzene rings is 1. The summed E-state index contributed by atoms with van der Waals surface area (Å²) in [5.41, 5.74) is 0.141. The van der Waals surface area contributed by atoms with Gasteiger partial charge in [-0.3, -0.25) is 0 Å².